The molecule has 1 amide bonds. The predicted molar refractivity (Wildman–Crippen MR) is 109 cm³/mol. The second kappa shape index (κ2) is 8.82. The fraction of sp³-hybridized carbons (Fsp3) is 0.429. The number of nitrogens with one attached hydrogen (secondary N) is 1. The number of alkyl halides is 3. The van der Waals surface area contributed by atoms with E-state index in [0.29, 0.717) is 56.4 Å². The Labute approximate surface area is 182 Å². The van der Waals surface area contributed by atoms with Gasteiger partial charge >= 0.3 is 6.18 Å². The van der Waals surface area contributed by atoms with Gasteiger partial charge < -0.3 is 19.7 Å². The highest BCUT2D eigenvalue weighted by atomic mass is 35.5. The average Bonchev–Trinajstić information content (AvgIpc) is 2.77. The fourth-order valence-corrected chi connectivity index (χ4v) is 3.98. The van der Waals surface area contributed by atoms with Crippen LogP contribution in [-0.4, -0.2) is 43.2 Å². The molecule has 1 atom stereocenters. The van der Waals surface area contributed by atoms with Gasteiger partial charge in [0.15, 0.2) is 11.5 Å². The van der Waals surface area contributed by atoms with Crippen LogP contribution in [0.15, 0.2) is 36.5 Å². The zero-order valence-corrected chi connectivity index (χ0v) is 17.2. The Hall–Kier alpha value is -2.68. The summed E-state index contributed by atoms with van der Waals surface area (Å²) in [6.45, 7) is 1.65. The molecular formula is C21H21ClF3N3O3. The largest absolute Gasteiger partial charge is 0.486 e. The summed E-state index contributed by atoms with van der Waals surface area (Å²) < 4.78 is 49.9. The highest BCUT2D eigenvalue weighted by Gasteiger charge is 2.33. The van der Waals surface area contributed by atoms with Crippen molar-refractivity contribution < 1.29 is 27.4 Å². The number of anilines is 1. The van der Waals surface area contributed by atoms with Crippen molar-refractivity contribution in [3.63, 3.8) is 0 Å². The quantitative estimate of drug-likeness (QED) is 0.757. The van der Waals surface area contributed by atoms with Gasteiger partial charge in [0.25, 0.3) is 0 Å². The number of amides is 1. The monoisotopic (exact) mass is 455 g/mol. The minimum Gasteiger partial charge on any atom is -0.486 e. The number of ether oxygens (including phenoxy) is 2. The van der Waals surface area contributed by atoms with E-state index in [2.05, 4.69) is 10.3 Å². The number of hydrogen-bond donors (Lipinski definition) is 1. The Morgan fingerprint density at radius 1 is 1.23 bits per heavy atom. The maximum atomic E-state index is 12.8. The highest BCUT2D eigenvalue weighted by molar-refractivity contribution is 6.33. The maximum absolute atomic E-state index is 12.8. The maximum Gasteiger partial charge on any atom is 0.417 e. The number of halogens is 4. The summed E-state index contributed by atoms with van der Waals surface area (Å²) in [6.07, 6.45) is -2.88. The molecule has 0 radical (unpaired) electrons. The first-order chi connectivity index (χ1) is 14.8. The molecule has 2 aromatic rings. The average molecular weight is 456 g/mol. The van der Waals surface area contributed by atoms with Crippen LogP contribution in [0.4, 0.5) is 19.0 Å². The van der Waals surface area contributed by atoms with Crippen molar-refractivity contribution in [3.05, 3.63) is 47.1 Å². The molecule has 3 heterocycles. The molecule has 1 fully saturated rings. The lowest BCUT2D eigenvalue weighted by atomic mass is 9.96. The topological polar surface area (TPSA) is 63.7 Å². The number of aromatic nitrogens is 1. The molecule has 166 valence electrons. The molecular weight excluding hydrogens is 435 g/mol. The molecule has 0 spiro atoms. The first-order valence-corrected chi connectivity index (χ1v) is 10.3. The predicted octanol–water partition coefficient (Wildman–Crippen LogP) is 3.93. The summed E-state index contributed by atoms with van der Waals surface area (Å²) in [5, 5.41) is 2.87. The van der Waals surface area contributed by atoms with E-state index in [-0.39, 0.29) is 23.0 Å². The van der Waals surface area contributed by atoms with E-state index in [1.807, 2.05) is 24.3 Å². The van der Waals surface area contributed by atoms with Crippen molar-refractivity contribution in [2.75, 3.05) is 31.1 Å². The third kappa shape index (κ3) is 4.98. The van der Waals surface area contributed by atoms with Gasteiger partial charge in [-0.15, -0.1) is 0 Å². The number of carbonyl (C=O) groups excluding carboxylic acids is 1. The molecule has 0 aliphatic carbocycles. The minimum atomic E-state index is -4.49. The van der Waals surface area contributed by atoms with Crippen LogP contribution in [0.5, 0.6) is 11.5 Å². The number of fused-ring (bicyclic) bond motifs is 1. The van der Waals surface area contributed by atoms with Crippen LogP contribution in [0.25, 0.3) is 0 Å². The van der Waals surface area contributed by atoms with Crippen molar-refractivity contribution >= 4 is 23.3 Å². The lowest BCUT2D eigenvalue weighted by Crippen LogP contribution is -2.45. The van der Waals surface area contributed by atoms with Crippen molar-refractivity contribution in [1.82, 2.24) is 10.3 Å². The Kier molecular flexibility index (Phi) is 6.13. The van der Waals surface area contributed by atoms with Crippen LogP contribution < -0.4 is 19.7 Å². The van der Waals surface area contributed by atoms with Crippen molar-refractivity contribution in [3.8, 4) is 11.5 Å². The Bertz CT molecular complexity index is 949. The molecule has 6 nitrogen and oxygen atoms in total. The van der Waals surface area contributed by atoms with E-state index in [1.54, 1.807) is 4.90 Å². The Balaban J connectivity index is 1.27. The van der Waals surface area contributed by atoms with E-state index < -0.39 is 11.7 Å². The lowest BCUT2D eigenvalue weighted by Gasteiger charge is -2.33. The smallest absolute Gasteiger partial charge is 0.417 e. The molecule has 2 aliphatic heterocycles. The van der Waals surface area contributed by atoms with Crippen LogP contribution in [-0.2, 0) is 11.0 Å². The molecule has 0 bridgehead atoms. The third-order valence-corrected chi connectivity index (χ3v) is 5.66. The summed E-state index contributed by atoms with van der Waals surface area (Å²) >= 11 is 6.03. The van der Waals surface area contributed by atoms with Gasteiger partial charge in [0, 0.05) is 25.2 Å². The first-order valence-electron chi connectivity index (χ1n) is 9.95. The zero-order chi connectivity index (χ0) is 22.0. The lowest BCUT2D eigenvalue weighted by molar-refractivity contribution is -0.137. The second-order valence-corrected chi connectivity index (χ2v) is 7.94. The summed E-state index contributed by atoms with van der Waals surface area (Å²) in [4.78, 5) is 18.3. The summed E-state index contributed by atoms with van der Waals surface area (Å²) in [7, 11) is 0. The van der Waals surface area contributed by atoms with Gasteiger partial charge in [-0.3, -0.25) is 4.79 Å². The summed E-state index contributed by atoms with van der Waals surface area (Å²) in [5.41, 5.74) is -0.882. The van der Waals surface area contributed by atoms with Gasteiger partial charge in [0.05, 0.1) is 17.1 Å². The van der Waals surface area contributed by atoms with E-state index in [4.69, 9.17) is 21.1 Å². The van der Waals surface area contributed by atoms with E-state index in [1.165, 1.54) is 0 Å². The Morgan fingerprint density at radius 2 is 1.94 bits per heavy atom. The van der Waals surface area contributed by atoms with Crippen LogP contribution in [0.2, 0.25) is 5.02 Å². The zero-order valence-electron chi connectivity index (χ0n) is 16.5. The molecule has 1 unspecified atom stereocenters. The molecule has 10 heteroatoms. The van der Waals surface area contributed by atoms with Gasteiger partial charge in [0.1, 0.15) is 18.5 Å². The fourth-order valence-electron chi connectivity index (χ4n) is 3.69. The SMILES string of the molecule is O=C(NCC1COc2ccccc2O1)C1CCN(c2ncc(C(F)(F)F)cc2Cl)CC1. The first kappa shape index (κ1) is 21.5. The number of rotatable bonds is 4. The van der Waals surface area contributed by atoms with Crippen molar-refractivity contribution in [1.29, 1.82) is 0 Å². The van der Waals surface area contributed by atoms with Crippen molar-refractivity contribution in [2.45, 2.75) is 25.1 Å². The molecule has 4 rings (SSSR count). The van der Waals surface area contributed by atoms with Crippen LogP contribution in [0.1, 0.15) is 18.4 Å². The van der Waals surface area contributed by atoms with Crippen LogP contribution >= 0.6 is 11.6 Å². The summed E-state index contributed by atoms with van der Waals surface area (Å²) in [5.74, 6) is 1.38. The van der Waals surface area contributed by atoms with Gasteiger partial charge in [-0.05, 0) is 31.0 Å². The molecule has 1 N–H and O–H groups in total. The van der Waals surface area contributed by atoms with Gasteiger partial charge in [-0.2, -0.15) is 13.2 Å². The van der Waals surface area contributed by atoms with Crippen LogP contribution in [0.3, 0.4) is 0 Å². The number of piperidine rings is 1. The minimum absolute atomic E-state index is 0.0487. The molecule has 31 heavy (non-hydrogen) atoms. The molecule has 1 aromatic heterocycles. The van der Waals surface area contributed by atoms with Gasteiger partial charge in [-0.1, -0.05) is 23.7 Å². The molecule has 0 saturated carbocycles. The third-order valence-electron chi connectivity index (χ3n) is 5.39. The molecule has 2 aliphatic rings. The summed E-state index contributed by atoms with van der Waals surface area (Å²) in [6, 6.07) is 8.25. The molecule has 1 saturated heterocycles. The van der Waals surface area contributed by atoms with E-state index >= 15 is 0 Å². The standard InChI is InChI=1S/C21H21ClF3N3O3/c22-16-9-14(21(23,24)25)10-26-19(16)28-7-5-13(6-8-28)20(29)27-11-15-12-30-17-3-1-2-4-18(17)31-15/h1-4,9-10,13,15H,5-8,11-12H2,(H,27,29). The number of nitrogens with zero attached hydrogens (tertiary/aromatic N) is 2. The highest BCUT2D eigenvalue weighted by Crippen LogP contribution is 2.35. The van der Waals surface area contributed by atoms with E-state index in [9.17, 15) is 18.0 Å². The molecule has 1 aromatic carbocycles. The number of carbonyl (C=O) groups is 1. The number of para-hydroxylation sites is 2. The van der Waals surface area contributed by atoms with Crippen molar-refractivity contribution in [2.24, 2.45) is 5.92 Å². The van der Waals surface area contributed by atoms with Gasteiger partial charge in [-0.25, -0.2) is 4.98 Å². The Morgan fingerprint density at radius 3 is 2.61 bits per heavy atom. The van der Waals surface area contributed by atoms with Crippen LogP contribution in [0, 0.1) is 5.92 Å². The number of hydrogen-bond acceptors (Lipinski definition) is 5. The van der Waals surface area contributed by atoms with E-state index in [0.717, 1.165) is 12.3 Å². The number of pyridine rings is 1. The second-order valence-electron chi connectivity index (χ2n) is 7.53. The van der Waals surface area contributed by atoms with Gasteiger partial charge in [0.2, 0.25) is 5.91 Å². The number of benzene rings is 1. The normalized spacial score (nSPS) is 19.2.